The zero-order valence-electron chi connectivity index (χ0n) is 20.0. The van der Waals surface area contributed by atoms with Crippen molar-refractivity contribution in [1.29, 1.82) is 0 Å². The third-order valence-electron chi connectivity index (χ3n) is 7.05. The van der Waals surface area contributed by atoms with Crippen LogP contribution in [0.15, 0.2) is 36.5 Å². The van der Waals surface area contributed by atoms with Crippen LogP contribution in [-0.4, -0.2) is 37.8 Å². The Morgan fingerprint density at radius 3 is 2.29 bits per heavy atom. The lowest BCUT2D eigenvalue weighted by Crippen LogP contribution is -2.50. The number of rotatable bonds is 9. The van der Waals surface area contributed by atoms with Gasteiger partial charge in [0.25, 0.3) is 5.91 Å². The number of carbonyl (C=O) groups is 2. The number of benzene rings is 1. The summed E-state index contributed by atoms with van der Waals surface area (Å²) in [5.74, 6) is 0.737. The van der Waals surface area contributed by atoms with E-state index in [2.05, 4.69) is 25.9 Å². The van der Waals surface area contributed by atoms with E-state index in [1.165, 1.54) is 0 Å². The number of aryl methyl sites for hydroxylation is 3. The molecule has 2 aromatic heterocycles. The van der Waals surface area contributed by atoms with E-state index in [1.807, 2.05) is 45.0 Å². The lowest BCUT2D eigenvalue weighted by atomic mass is 9.88. The fraction of sp³-hybridized carbons (Fsp3) is 0.462. The van der Waals surface area contributed by atoms with Gasteiger partial charge in [0.05, 0.1) is 5.69 Å². The molecule has 0 aliphatic heterocycles. The average molecular weight is 461 g/mol. The van der Waals surface area contributed by atoms with E-state index in [9.17, 15) is 9.59 Å². The normalized spacial score (nSPS) is 16.5. The molecule has 2 amide bonds. The van der Waals surface area contributed by atoms with Gasteiger partial charge in [0.15, 0.2) is 0 Å². The van der Waals surface area contributed by atoms with Gasteiger partial charge in [-0.25, -0.2) is 0 Å². The van der Waals surface area contributed by atoms with E-state index in [4.69, 9.17) is 0 Å². The number of anilines is 1. The van der Waals surface area contributed by atoms with Gasteiger partial charge in [-0.2, -0.15) is 10.2 Å². The highest BCUT2D eigenvalue weighted by Crippen LogP contribution is 2.51. The topological polar surface area (TPSA) is 105 Å². The molecule has 8 nitrogen and oxygen atoms in total. The van der Waals surface area contributed by atoms with Crippen molar-refractivity contribution in [1.82, 2.24) is 25.3 Å². The molecular formula is C26H32N6O2. The van der Waals surface area contributed by atoms with Crippen LogP contribution >= 0.6 is 0 Å². The van der Waals surface area contributed by atoms with Crippen LogP contribution in [-0.2, 0) is 11.3 Å². The standard InChI is InChI=1S/C26H32N6O2/c1-4-32-14-13-21(31-32)25(33)28-24(23(18-5-6-18)19-7-8-19)26(34)27-20-11-9-17(10-12-20)22-15(2)29-30-16(22)3/h9-14,18-19,23-24H,4-8H2,1-3H3,(H,27,34)(H,28,33)(H,29,30)/t24-/m0/s1. The maximum atomic E-state index is 13.5. The van der Waals surface area contributed by atoms with Crippen LogP contribution in [0.3, 0.4) is 0 Å². The Morgan fingerprint density at radius 2 is 1.76 bits per heavy atom. The minimum atomic E-state index is -0.572. The van der Waals surface area contributed by atoms with Crippen molar-refractivity contribution in [2.24, 2.45) is 17.8 Å². The number of carbonyl (C=O) groups excluding carboxylic acids is 2. The van der Waals surface area contributed by atoms with Crippen molar-refractivity contribution in [2.45, 2.75) is 59.0 Å². The van der Waals surface area contributed by atoms with Crippen molar-refractivity contribution < 1.29 is 9.59 Å². The Labute approximate surface area is 199 Å². The minimum absolute atomic E-state index is 0.157. The van der Waals surface area contributed by atoms with Crippen LogP contribution in [0.25, 0.3) is 11.1 Å². The van der Waals surface area contributed by atoms with Crippen molar-refractivity contribution >= 4 is 17.5 Å². The van der Waals surface area contributed by atoms with Gasteiger partial charge in [0.2, 0.25) is 5.91 Å². The van der Waals surface area contributed by atoms with Gasteiger partial charge in [0.1, 0.15) is 11.7 Å². The van der Waals surface area contributed by atoms with Crippen molar-refractivity contribution in [2.75, 3.05) is 5.32 Å². The fourth-order valence-electron chi connectivity index (χ4n) is 5.02. The van der Waals surface area contributed by atoms with E-state index in [-0.39, 0.29) is 17.7 Å². The molecule has 34 heavy (non-hydrogen) atoms. The molecule has 0 bridgehead atoms. The van der Waals surface area contributed by atoms with Crippen LogP contribution in [0.1, 0.15) is 54.5 Å². The van der Waals surface area contributed by atoms with Crippen LogP contribution in [0, 0.1) is 31.6 Å². The first kappa shape index (κ1) is 22.4. The first-order chi connectivity index (χ1) is 16.4. The first-order valence-corrected chi connectivity index (χ1v) is 12.2. The molecule has 2 aliphatic rings. The number of nitrogens with one attached hydrogen (secondary N) is 3. The van der Waals surface area contributed by atoms with Gasteiger partial charge in [0, 0.05) is 29.7 Å². The van der Waals surface area contributed by atoms with Crippen molar-refractivity contribution in [3.8, 4) is 11.1 Å². The summed E-state index contributed by atoms with van der Waals surface area (Å²) in [4.78, 5) is 26.5. The number of nitrogens with zero attached hydrogens (tertiary/aromatic N) is 3. The molecule has 0 radical (unpaired) electrons. The molecule has 8 heteroatoms. The molecule has 2 fully saturated rings. The number of hydrogen-bond donors (Lipinski definition) is 3. The van der Waals surface area contributed by atoms with E-state index in [0.29, 0.717) is 29.8 Å². The zero-order valence-corrected chi connectivity index (χ0v) is 20.0. The fourth-order valence-corrected chi connectivity index (χ4v) is 5.02. The molecule has 0 spiro atoms. The second-order valence-electron chi connectivity index (χ2n) is 9.64. The van der Waals surface area contributed by atoms with Gasteiger partial charge >= 0.3 is 0 Å². The average Bonchev–Trinajstić information content (AvgIpc) is 3.76. The number of aromatic nitrogens is 4. The number of aromatic amines is 1. The van der Waals surface area contributed by atoms with E-state index < -0.39 is 6.04 Å². The molecule has 1 atom stereocenters. The maximum Gasteiger partial charge on any atom is 0.272 e. The third-order valence-corrected chi connectivity index (χ3v) is 7.05. The van der Waals surface area contributed by atoms with Crippen molar-refractivity contribution in [3.05, 3.63) is 53.6 Å². The molecule has 3 aromatic rings. The lowest BCUT2D eigenvalue weighted by molar-refractivity contribution is -0.119. The second-order valence-corrected chi connectivity index (χ2v) is 9.64. The summed E-state index contributed by atoms with van der Waals surface area (Å²) >= 11 is 0. The molecule has 1 aromatic carbocycles. The van der Waals surface area contributed by atoms with E-state index in [0.717, 1.165) is 48.2 Å². The molecule has 0 unspecified atom stereocenters. The maximum absolute atomic E-state index is 13.5. The zero-order chi connectivity index (χ0) is 23.8. The SMILES string of the molecule is CCn1ccc(C(=O)N[C@H](C(=O)Nc2ccc(-c3c(C)n[nH]c3C)cc2)C(C2CC2)C2CC2)n1. The number of hydrogen-bond acceptors (Lipinski definition) is 4. The first-order valence-electron chi connectivity index (χ1n) is 12.2. The Kier molecular flexibility index (Phi) is 5.98. The van der Waals surface area contributed by atoms with Crippen LogP contribution < -0.4 is 10.6 Å². The summed E-state index contributed by atoms with van der Waals surface area (Å²) in [5, 5.41) is 17.7. The summed E-state index contributed by atoms with van der Waals surface area (Å²) in [7, 11) is 0. The summed E-state index contributed by atoms with van der Waals surface area (Å²) in [6, 6.07) is 8.93. The molecule has 0 saturated heterocycles. The molecular weight excluding hydrogens is 428 g/mol. The van der Waals surface area contributed by atoms with E-state index in [1.54, 1.807) is 16.9 Å². The summed E-state index contributed by atoms with van der Waals surface area (Å²) < 4.78 is 1.72. The van der Waals surface area contributed by atoms with Crippen LogP contribution in [0.4, 0.5) is 5.69 Å². The highest BCUT2D eigenvalue weighted by atomic mass is 16.2. The molecule has 3 N–H and O–H groups in total. The predicted molar refractivity (Wildman–Crippen MR) is 130 cm³/mol. The lowest BCUT2D eigenvalue weighted by Gasteiger charge is -2.27. The molecule has 2 saturated carbocycles. The van der Waals surface area contributed by atoms with Gasteiger partial charge in [-0.1, -0.05) is 12.1 Å². The molecule has 178 valence electrons. The summed E-state index contributed by atoms with van der Waals surface area (Å²) in [6.07, 6.45) is 6.30. The Morgan fingerprint density at radius 1 is 1.09 bits per heavy atom. The Hall–Kier alpha value is -3.42. The molecule has 5 rings (SSSR count). The quantitative estimate of drug-likeness (QED) is 0.447. The van der Waals surface area contributed by atoms with Crippen molar-refractivity contribution in [3.63, 3.8) is 0 Å². The van der Waals surface area contributed by atoms with Gasteiger partial charge in [-0.3, -0.25) is 19.4 Å². The second kappa shape index (κ2) is 9.08. The largest absolute Gasteiger partial charge is 0.339 e. The minimum Gasteiger partial charge on any atom is -0.339 e. The summed E-state index contributed by atoms with van der Waals surface area (Å²) in [6.45, 7) is 6.64. The smallest absolute Gasteiger partial charge is 0.272 e. The molecule has 2 aliphatic carbocycles. The molecule has 2 heterocycles. The summed E-state index contributed by atoms with van der Waals surface area (Å²) in [5.41, 5.74) is 5.15. The highest BCUT2D eigenvalue weighted by Gasteiger charge is 2.48. The monoisotopic (exact) mass is 460 g/mol. The van der Waals surface area contributed by atoms with Gasteiger partial charge in [-0.15, -0.1) is 0 Å². The van der Waals surface area contributed by atoms with Crippen LogP contribution in [0.5, 0.6) is 0 Å². The van der Waals surface area contributed by atoms with Gasteiger partial charge < -0.3 is 10.6 Å². The van der Waals surface area contributed by atoms with Crippen LogP contribution in [0.2, 0.25) is 0 Å². The third kappa shape index (κ3) is 4.62. The predicted octanol–water partition coefficient (Wildman–Crippen LogP) is 4.08. The Bertz CT molecular complexity index is 1150. The number of amides is 2. The highest BCUT2D eigenvalue weighted by molar-refractivity contribution is 6.00. The van der Waals surface area contributed by atoms with E-state index >= 15 is 0 Å². The van der Waals surface area contributed by atoms with Gasteiger partial charge in [-0.05, 0) is 88.0 Å². The number of H-pyrrole nitrogens is 1. The Balaban J connectivity index is 1.34.